The van der Waals surface area contributed by atoms with Crippen molar-refractivity contribution in [3.05, 3.63) is 23.8 Å². The van der Waals surface area contributed by atoms with Crippen LogP contribution in [0.4, 0.5) is 0 Å². The summed E-state index contributed by atoms with van der Waals surface area (Å²) in [6.45, 7) is 0. The lowest BCUT2D eigenvalue weighted by atomic mass is 9.91. The van der Waals surface area contributed by atoms with Crippen LogP contribution in [0.25, 0.3) is 0 Å². The summed E-state index contributed by atoms with van der Waals surface area (Å²) in [7, 11) is -1.82. The maximum atomic E-state index is 11.6. The number of hydrogen-bond donors (Lipinski definition) is 1. The maximum Gasteiger partial charge on any atom is 0.304 e. The lowest BCUT2D eigenvalue weighted by Crippen LogP contribution is -2.15. The van der Waals surface area contributed by atoms with Crippen molar-refractivity contribution in [1.82, 2.24) is 0 Å². The smallest absolute Gasteiger partial charge is 0.304 e. The van der Waals surface area contributed by atoms with Gasteiger partial charge in [-0.25, -0.2) is 8.42 Å². The summed E-state index contributed by atoms with van der Waals surface area (Å²) in [5, 5.41) is 8.98. The zero-order valence-electron chi connectivity index (χ0n) is 10.8. The summed E-state index contributed by atoms with van der Waals surface area (Å²) in [6.07, 6.45) is 2.61. The number of rotatable bonds is 5. The molecule has 1 aliphatic rings. The minimum absolute atomic E-state index is 0.00340. The van der Waals surface area contributed by atoms with Crippen LogP contribution in [0.5, 0.6) is 5.75 Å². The molecule has 0 unspecified atom stereocenters. The van der Waals surface area contributed by atoms with E-state index in [9.17, 15) is 13.2 Å². The van der Waals surface area contributed by atoms with Crippen molar-refractivity contribution in [1.29, 1.82) is 0 Å². The van der Waals surface area contributed by atoms with Crippen LogP contribution in [0.3, 0.4) is 0 Å². The average molecular weight is 284 g/mol. The van der Waals surface area contributed by atoms with Gasteiger partial charge in [-0.05, 0) is 31.0 Å². The van der Waals surface area contributed by atoms with E-state index >= 15 is 0 Å². The van der Waals surface area contributed by atoms with E-state index in [1.54, 1.807) is 12.1 Å². The van der Waals surface area contributed by atoms with Crippen LogP contribution in [0.15, 0.2) is 23.1 Å². The minimum atomic E-state index is -3.31. The Kier molecular flexibility index (Phi) is 3.30. The number of carboxylic acids is 1. The molecule has 0 aromatic heterocycles. The second-order valence-corrected chi connectivity index (χ2v) is 7.00. The molecule has 5 nitrogen and oxygen atoms in total. The topological polar surface area (TPSA) is 80.7 Å². The number of aliphatic carboxylic acids is 1. The van der Waals surface area contributed by atoms with E-state index in [0.717, 1.165) is 19.1 Å². The Bertz CT molecular complexity index is 614. The second-order valence-electron chi connectivity index (χ2n) is 4.99. The first kappa shape index (κ1) is 13.9. The van der Waals surface area contributed by atoms with Crippen molar-refractivity contribution in [2.45, 2.75) is 29.6 Å². The van der Waals surface area contributed by atoms with Gasteiger partial charge >= 0.3 is 5.97 Å². The molecule has 0 spiro atoms. The molecule has 2 rings (SSSR count). The Labute approximate surface area is 112 Å². The minimum Gasteiger partial charge on any atom is -0.496 e. The fourth-order valence-corrected chi connectivity index (χ4v) is 2.96. The predicted octanol–water partition coefficient (Wildman–Crippen LogP) is 1.60. The van der Waals surface area contributed by atoms with E-state index in [0.29, 0.717) is 11.3 Å². The molecule has 1 aromatic carbocycles. The lowest BCUT2D eigenvalue weighted by Gasteiger charge is -2.18. The molecule has 0 bridgehead atoms. The molecule has 6 heteroatoms. The maximum absolute atomic E-state index is 11.6. The van der Waals surface area contributed by atoms with Gasteiger partial charge < -0.3 is 9.84 Å². The van der Waals surface area contributed by atoms with E-state index in [1.165, 1.54) is 13.2 Å². The first-order valence-electron chi connectivity index (χ1n) is 5.89. The largest absolute Gasteiger partial charge is 0.496 e. The van der Waals surface area contributed by atoms with E-state index in [-0.39, 0.29) is 11.3 Å². The third-order valence-corrected chi connectivity index (χ3v) is 4.62. The highest BCUT2D eigenvalue weighted by Crippen LogP contribution is 2.54. The standard InChI is InChI=1S/C13H16O5S/c1-18-11-4-3-9(19(2,16)17)7-10(11)13(5-6-13)8-12(14)15/h3-4,7H,5-6,8H2,1-2H3,(H,14,15). The zero-order chi connectivity index (χ0) is 14.3. The van der Waals surface area contributed by atoms with Crippen molar-refractivity contribution >= 4 is 15.8 Å². The van der Waals surface area contributed by atoms with Crippen LogP contribution in [0.1, 0.15) is 24.8 Å². The number of carbonyl (C=O) groups is 1. The van der Waals surface area contributed by atoms with E-state index < -0.39 is 21.2 Å². The van der Waals surface area contributed by atoms with Gasteiger partial charge in [0.25, 0.3) is 0 Å². The summed E-state index contributed by atoms with van der Waals surface area (Å²) in [4.78, 5) is 11.1. The Morgan fingerprint density at radius 2 is 2.05 bits per heavy atom. The molecule has 1 N–H and O–H groups in total. The van der Waals surface area contributed by atoms with Gasteiger partial charge in [-0.15, -0.1) is 0 Å². The highest BCUT2D eigenvalue weighted by Gasteiger charge is 2.48. The first-order valence-corrected chi connectivity index (χ1v) is 7.78. The predicted molar refractivity (Wildman–Crippen MR) is 69.3 cm³/mol. The van der Waals surface area contributed by atoms with Crippen molar-refractivity contribution in [3.8, 4) is 5.75 Å². The monoisotopic (exact) mass is 284 g/mol. The zero-order valence-corrected chi connectivity index (χ0v) is 11.7. The molecule has 1 aliphatic carbocycles. The van der Waals surface area contributed by atoms with Gasteiger partial charge in [0.15, 0.2) is 9.84 Å². The van der Waals surface area contributed by atoms with Gasteiger partial charge in [0.1, 0.15) is 5.75 Å². The summed E-state index contributed by atoms with van der Waals surface area (Å²) in [5.41, 5.74) is 0.207. The molecule has 19 heavy (non-hydrogen) atoms. The molecule has 1 fully saturated rings. The van der Waals surface area contributed by atoms with Crippen LogP contribution >= 0.6 is 0 Å². The molecule has 104 valence electrons. The SMILES string of the molecule is COc1ccc(S(C)(=O)=O)cc1C1(CC(=O)O)CC1. The van der Waals surface area contributed by atoms with Crippen LogP contribution < -0.4 is 4.74 Å². The normalized spacial score (nSPS) is 16.9. The highest BCUT2D eigenvalue weighted by molar-refractivity contribution is 7.90. The number of hydrogen-bond acceptors (Lipinski definition) is 4. The third kappa shape index (κ3) is 2.73. The van der Waals surface area contributed by atoms with E-state index in [4.69, 9.17) is 9.84 Å². The van der Waals surface area contributed by atoms with Crippen molar-refractivity contribution < 1.29 is 23.1 Å². The number of ether oxygens (including phenoxy) is 1. The summed E-state index contributed by atoms with van der Waals surface area (Å²) >= 11 is 0. The fourth-order valence-electron chi connectivity index (χ4n) is 2.31. The Hall–Kier alpha value is -1.56. The summed E-state index contributed by atoms with van der Waals surface area (Å²) in [5.74, 6) is -0.338. The van der Waals surface area contributed by atoms with E-state index in [1.807, 2.05) is 0 Å². The number of methoxy groups -OCH3 is 1. The molecule has 0 amide bonds. The molecule has 0 heterocycles. The molecule has 0 atom stereocenters. The summed E-state index contributed by atoms with van der Waals surface area (Å²) in [6, 6.07) is 4.62. The van der Waals surface area contributed by atoms with Crippen LogP contribution in [-0.4, -0.2) is 32.9 Å². The van der Waals surface area contributed by atoms with Crippen molar-refractivity contribution in [2.24, 2.45) is 0 Å². The lowest BCUT2D eigenvalue weighted by molar-refractivity contribution is -0.137. The van der Waals surface area contributed by atoms with Crippen molar-refractivity contribution in [3.63, 3.8) is 0 Å². The number of sulfone groups is 1. The highest BCUT2D eigenvalue weighted by atomic mass is 32.2. The van der Waals surface area contributed by atoms with Crippen molar-refractivity contribution in [2.75, 3.05) is 13.4 Å². The number of carboxylic acid groups (broad SMARTS) is 1. The molecule has 1 aromatic rings. The van der Waals surface area contributed by atoms with Gasteiger partial charge in [-0.1, -0.05) is 0 Å². The van der Waals surface area contributed by atoms with Gasteiger partial charge in [0, 0.05) is 17.2 Å². The van der Waals surface area contributed by atoms with E-state index in [2.05, 4.69) is 0 Å². The van der Waals surface area contributed by atoms with Crippen LogP contribution in [0, 0.1) is 0 Å². The molecular weight excluding hydrogens is 268 g/mol. The van der Waals surface area contributed by atoms with Crippen LogP contribution in [-0.2, 0) is 20.0 Å². The first-order chi connectivity index (χ1) is 8.78. The molecule has 0 aliphatic heterocycles. The molecule has 1 saturated carbocycles. The quantitative estimate of drug-likeness (QED) is 0.888. The Morgan fingerprint density at radius 1 is 1.42 bits per heavy atom. The Morgan fingerprint density at radius 3 is 2.47 bits per heavy atom. The number of benzene rings is 1. The average Bonchev–Trinajstić information content (AvgIpc) is 3.07. The summed E-state index contributed by atoms with van der Waals surface area (Å²) < 4.78 is 28.4. The molecular formula is C13H16O5S. The van der Waals surface area contributed by atoms with Gasteiger partial charge in [-0.3, -0.25) is 4.79 Å². The Balaban J connectivity index is 2.52. The second kappa shape index (κ2) is 4.52. The molecule has 0 radical (unpaired) electrons. The fraction of sp³-hybridized carbons (Fsp3) is 0.462. The van der Waals surface area contributed by atoms with Gasteiger partial charge in [0.05, 0.1) is 18.4 Å². The molecule has 0 saturated heterocycles. The van der Waals surface area contributed by atoms with Gasteiger partial charge in [-0.2, -0.15) is 0 Å². The van der Waals surface area contributed by atoms with Gasteiger partial charge in [0.2, 0.25) is 0 Å². The van der Waals surface area contributed by atoms with Crippen LogP contribution in [0.2, 0.25) is 0 Å². The third-order valence-electron chi connectivity index (χ3n) is 3.51.